The van der Waals surface area contributed by atoms with Gasteiger partial charge in [0.25, 0.3) is 5.56 Å². The normalized spacial score (nSPS) is 11.6. The molecule has 7 heteroatoms. The molecule has 0 fully saturated rings. The molecule has 154 valence electrons. The Morgan fingerprint density at radius 2 is 1.90 bits per heavy atom. The summed E-state index contributed by atoms with van der Waals surface area (Å²) in [6.07, 6.45) is 1.44. The van der Waals surface area contributed by atoms with Gasteiger partial charge < -0.3 is 10.1 Å². The molecule has 3 rings (SSSR count). The number of carbonyl (C=O) groups is 1. The average molecular weight is 414 g/mol. The Bertz CT molecular complexity index is 1080. The third-order valence-corrected chi connectivity index (χ3v) is 6.00. The molecule has 1 aromatic carbocycles. The van der Waals surface area contributed by atoms with Gasteiger partial charge >= 0.3 is 0 Å². The third-order valence-electron chi connectivity index (χ3n) is 4.88. The van der Waals surface area contributed by atoms with Crippen LogP contribution in [0, 0.1) is 13.8 Å². The molecule has 29 heavy (non-hydrogen) atoms. The van der Waals surface area contributed by atoms with Crippen molar-refractivity contribution in [2.24, 2.45) is 0 Å². The summed E-state index contributed by atoms with van der Waals surface area (Å²) in [7, 11) is 0. The van der Waals surface area contributed by atoms with E-state index in [1.165, 1.54) is 27.8 Å². The molecule has 0 unspecified atom stereocenters. The maximum Gasteiger partial charge on any atom is 0.262 e. The summed E-state index contributed by atoms with van der Waals surface area (Å²) in [4.78, 5) is 30.9. The van der Waals surface area contributed by atoms with E-state index in [9.17, 15) is 9.59 Å². The number of aromatic nitrogens is 2. The van der Waals surface area contributed by atoms with Crippen LogP contribution in [0.15, 0.2) is 35.4 Å². The highest BCUT2D eigenvalue weighted by atomic mass is 32.1. The second-order valence-corrected chi connectivity index (χ2v) is 9.32. The largest absolute Gasteiger partial charge is 0.492 e. The minimum absolute atomic E-state index is 0.0591. The van der Waals surface area contributed by atoms with Crippen molar-refractivity contribution in [1.29, 1.82) is 0 Å². The first kappa shape index (κ1) is 21.0. The van der Waals surface area contributed by atoms with Crippen molar-refractivity contribution in [3.8, 4) is 5.75 Å². The van der Waals surface area contributed by atoms with Crippen LogP contribution in [0.3, 0.4) is 0 Å². The molecule has 0 saturated heterocycles. The highest BCUT2D eigenvalue weighted by molar-refractivity contribution is 7.18. The van der Waals surface area contributed by atoms with Crippen LogP contribution >= 0.6 is 11.3 Å². The SMILES string of the molecule is Cc1sc2ncn(CC(=O)NCCOc3ccc(C(C)(C)C)cc3)c(=O)c2c1C. The van der Waals surface area contributed by atoms with Gasteiger partial charge in [-0.1, -0.05) is 32.9 Å². The first-order chi connectivity index (χ1) is 13.7. The van der Waals surface area contributed by atoms with Crippen molar-refractivity contribution >= 4 is 27.5 Å². The quantitative estimate of drug-likeness (QED) is 0.627. The molecule has 6 nitrogen and oxygen atoms in total. The lowest BCUT2D eigenvalue weighted by atomic mass is 9.87. The Hall–Kier alpha value is -2.67. The molecule has 0 aliphatic rings. The molecule has 0 aliphatic carbocycles. The molecular weight excluding hydrogens is 386 g/mol. The molecule has 0 aliphatic heterocycles. The summed E-state index contributed by atoms with van der Waals surface area (Å²) in [6.45, 7) is 11.0. The Morgan fingerprint density at radius 3 is 2.55 bits per heavy atom. The van der Waals surface area contributed by atoms with Gasteiger partial charge in [0.1, 0.15) is 23.7 Å². The Labute approximate surface area is 174 Å². The second kappa shape index (κ2) is 8.37. The number of hydrogen-bond donors (Lipinski definition) is 1. The minimum Gasteiger partial charge on any atom is -0.492 e. The summed E-state index contributed by atoms with van der Waals surface area (Å²) in [5, 5.41) is 3.39. The average Bonchev–Trinajstić information content (AvgIpc) is 2.95. The lowest BCUT2D eigenvalue weighted by Crippen LogP contribution is -2.34. The van der Waals surface area contributed by atoms with E-state index in [4.69, 9.17) is 4.74 Å². The Morgan fingerprint density at radius 1 is 1.21 bits per heavy atom. The van der Waals surface area contributed by atoms with Gasteiger partial charge in [-0.25, -0.2) is 4.98 Å². The van der Waals surface area contributed by atoms with Crippen LogP contribution < -0.4 is 15.6 Å². The fraction of sp³-hybridized carbons (Fsp3) is 0.409. The zero-order valence-corrected chi connectivity index (χ0v) is 18.4. The van der Waals surface area contributed by atoms with Crippen LogP contribution in [0.1, 0.15) is 36.8 Å². The van der Waals surface area contributed by atoms with E-state index in [0.717, 1.165) is 16.2 Å². The number of ether oxygens (including phenoxy) is 1. The summed E-state index contributed by atoms with van der Waals surface area (Å²) >= 11 is 1.50. The van der Waals surface area contributed by atoms with E-state index in [-0.39, 0.29) is 23.4 Å². The van der Waals surface area contributed by atoms with Gasteiger partial charge in [-0.3, -0.25) is 14.2 Å². The van der Waals surface area contributed by atoms with Gasteiger partial charge in [0.15, 0.2) is 0 Å². The van der Waals surface area contributed by atoms with Crippen molar-refractivity contribution in [2.45, 2.75) is 46.6 Å². The molecule has 0 spiro atoms. The predicted molar refractivity (Wildman–Crippen MR) is 117 cm³/mol. The number of nitrogens with zero attached hydrogens (tertiary/aromatic N) is 2. The van der Waals surface area contributed by atoms with Crippen LogP contribution in [0.4, 0.5) is 0 Å². The monoisotopic (exact) mass is 413 g/mol. The highest BCUT2D eigenvalue weighted by Crippen LogP contribution is 2.25. The predicted octanol–water partition coefficient (Wildman–Crippen LogP) is 3.57. The van der Waals surface area contributed by atoms with E-state index in [1.54, 1.807) is 0 Å². The van der Waals surface area contributed by atoms with E-state index in [0.29, 0.717) is 23.4 Å². The van der Waals surface area contributed by atoms with Crippen molar-refractivity contribution < 1.29 is 9.53 Å². The highest BCUT2D eigenvalue weighted by Gasteiger charge is 2.14. The molecule has 3 aromatic rings. The first-order valence-electron chi connectivity index (χ1n) is 9.62. The fourth-order valence-electron chi connectivity index (χ4n) is 3.00. The van der Waals surface area contributed by atoms with Crippen molar-refractivity contribution in [2.75, 3.05) is 13.2 Å². The molecule has 2 heterocycles. The molecular formula is C22H27N3O3S. The lowest BCUT2D eigenvalue weighted by molar-refractivity contribution is -0.121. The zero-order valence-electron chi connectivity index (χ0n) is 17.5. The standard InChI is InChI=1S/C22H27N3O3S/c1-14-15(2)29-20-19(14)21(27)25(13-24-20)12-18(26)23-10-11-28-17-8-6-16(7-9-17)22(3,4)5/h6-9,13H,10-12H2,1-5H3,(H,23,26). The summed E-state index contributed by atoms with van der Waals surface area (Å²) in [5.74, 6) is 0.519. The van der Waals surface area contributed by atoms with E-state index in [2.05, 4.69) is 43.2 Å². The number of fused-ring (bicyclic) bond motifs is 1. The van der Waals surface area contributed by atoms with Gasteiger partial charge in [0.2, 0.25) is 5.91 Å². The van der Waals surface area contributed by atoms with Gasteiger partial charge in [0, 0.05) is 4.88 Å². The number of amides is 1. The van der Waals surface area contributed by atoms with Crippen LogP contribution in [-0.2, 0) is 16.8 Å². The summed E-state index contributed by atoms with van der Waals surface area (Å²) < 4.78 is 7.03. The number of hydrogen-bond acceptors (Lipinski definition) is 5. The zero-order chi connectivity index (χ0) is 21.2. The number of thiophene rings is 1. The maximum absolute atomic E-state index is 12.6. The van der Waals surface area contributed by atoms with Gasteiger partial charge in [0.05, 0.1) is 18.3 Å². The Balaban J connectivity index is 1.52. The number of carbonyl (C=O) groups excluding carboxylic acids is 1. The van der Waals surface area contributed by atoms with Crippen molar-refractivity contribution in [3.63, 3.8) is 0 Å². The second-order valence-electron chi connectivity index (χ2n) is 8.11. The van der Waals surface area contributed by atoms with E-state index < -0.39 is 0 Å². The molecule has 0 atom stereocenters. The Kier molecular flexibility index (Phi) is 6.07. The molecule has 0 saturated carbocycles. The topological polar surface area (TPSA) is 73.2 Å². The number of benzene rings is 1. The van der Waals surface area contributed by atoms with Crippen LogP contribution in [0.5, 0.6) is 5.75 Å². The number of nitrogens with one attached hydrogen (secondary N) is 1. The number of rotatable bonds is 6. The molecule has 0 radical (unpaired) electrons. The van der Waals surface area contributed by atoms with E-state index >= 15 is 0 Å². The minimum atomic E-state index is -0.246. The van der Waals surface area contributed by atoms with Gasteiger partial charge in [-0.05, 0) is 42.5 Å². The summed E-state index contributed by atoms with van der Waals surface area (Å²) in [6, 6.07) is 7.98. The smallest absolute Gasteiger partial charge is 0.262 e. The van der Waals surface area contributed by atoms with Crippen LogP contribution in [0.2, 0.25) is 0 Å². The number of aryl methyl sites for hydroxylation is 2. The first-order valence-corrected chi connectivity index (χ1v) is 10.4. The summed E-state index contributed by atoms with van der Waals surface area (Å²) in [5.41, 5.74) is 2.10. The van der Waals surface area contributed by atoms with Crippen molar-refractivity contribution in [3.05, 3.63) is 57.0 Å². The maximum atomic E-state index is 12.6. The third kappa shape index (κ3) is 4.85. The molecule has 0 bridgehead atoms. The van der Waals surface area contributed by atoms with Gasteiger partial charge in [-0.15, -0.1) is 11.3 Å². The lowest BCUT2D eigenvalue weighted by Gasteiger charge is -2.19. The molecule has 1 N–H and O–H groups in total. The molecule has 1 amide bonds. The van der Waals surface area contributed by atoms with Crippen LogP contribution in [-0.4, -0.2) is 28.6 Å². The van der Waals surface area contributed by atoms with Crippen LogP contribution in [0.25, 0.3) is 10.2 Å². The fourth-order valence-corrected chi connectivity index (χ4v) is 3.99. The van der Waals surface area contributed by atoms with E-state index in [1.807, 2.05) is 26.0 Å². The molecule has 2 aromatic heterocycles. The van der Waals surface area contributed by atoms with Gasteiger partial charge in [-0.2, -0.15) is 0 Å². The van der Waals surface area contributed by atoms with Crippen molar-refractivity contribution in [1.82, 2.24) is 14.9 Å².